The van der Waals surface area contributed by atoms with Gasteiger partial charge in [-0.2, -0.15) is 4.39 Å². The van der Waals surface area contributed by atoms with Crippen molar-refractivity contribution in [2.75, 3.05) is 26.2 Å². The third kappa shape index (κ3) is 2.91. The summed E-state index contributed by atoms with van der Waals surface area (Å²) >= 11 is 0. The van der Waals surface area contributed by atoms with Gasteiger partial charge in [-0.15, -0.1) is 0 Å². The lowest BCUT2D eigenvalue weighted by atomic mass is 9.91. The van der Waals surface area contributed by atoms with Crippen LogP contribution in [0, 0.1) is 27.6 Å². The van der Waals surface area contributed by atoms with Gasteiger partial charge in [0.15, 0.2) is 5.82 Å². The number of benzene rings is 2. The van der Waals surface area contributed by atoms with Crippen LogP contribution in [-0.2, 0) is 6.42 Å². The number of piperazine rings is 1. The maximum atomic E-state index is 14.2. The fraction of sp³-hybridized carbons (Fsp3) is 0.316. The molecule has 1 fully saturated rings. The Morgan fingerprint density at radius 1 is 1.07 bits per heavy atom. The number of amides is 1. The van der Waals surface area contributed by atoms with Crippen molar-refractivity contribution in [2.45, 2.75) is 12.5 Å². The number of rotatable bonds is 2. The van der Waals surface area contributed by atoms with Crippen LogP contribution in [-0.4, -0.2) is 46.8 Å². The Labute approximate surface area is 158 Å². The van der Waals surface area contributed by atoms with Gasteiger partial charge in [0.05, 0.1) is 16.5 Å². The number of nitro benzene ring substituents is 1. The van der Waals surface area contributed by atoms with E-state index in [1.54, 1.807) is 0 Å². The predicted octanol–water partition coefficient (Wildman–Crippen LogP) is 3.07. The van der Waals surface area contributed by atoms with E-state index in [9.17, 15) is 28.1 Å². The number of fused-ring (bicyclic) bond motifs is 3. The van der Waals surface area contributed by atoms with E-state index in [0.29, 0.717) is 12.6 Å². The summed E-state index contributed by atoms with van der Waals surface area (Å²) in [6.45, 7) is 1.87. The first-order valence-electron chi connectivity index (χ1n) is 8.81. The molecule has 4 rings (SSSR count). The lowest BCUT2D eigenvalue weighted by molar-refractivity contribution is -0.387. The zero-order valence-corrected chi connectivity index (χ0v) is 14.7. The highest BCUT2D eigenvalue weighted by Gasteiger charge is 2.36. The molecule has 1 atom stereocenters. The van der Waals surface area contributed by atoms with Crippen molar-refractivity contribution in [3.05, 3.63) is 74.6 Å². The van der Waals surface area contributed by atoms with Gasteiger partial charge >= 0.3 is 5.69 Å². The minimum atomic E-state index is -2.01. The van der Waals surface area contributed by atoms with Crippen molar-refractivity contribution in [1.29, 1.82) is 0 Å². The maximum Gasteiger partial charge on any atom is 0.308 e. The van der Waals surface area contributed by atoms with Crippen LogP contribution in [0.5, 0.6) is 0 Å². The van der Waals surface area contributed by atoms with Gasteiger partial charge in [-0.05, 0) is 17.5 Å². The number of hydrogen-bond acceptors (Lipinski definition) is 4. The Morgan fingerprint density at radius 3 is 2.57 bits per heavy atom. The van der Waals surface area contributed by atoms with Crippen LogP contribution < -0.4 is 0 Å². The Hall–Kier alpha value is -2.94. The number of nitrogens with zero attached hydrogens (tertiary/aromatic N) is 3. The van der Waals surface area contributed by atoms with Crippen molar-refractivity contribution in [3.8, 4) is 0 Å². The van der Waals surface area contributed by atoms with Gasteiger partial charge in [-0.25, -0.2) is 8.78 Å². The average Bonchev–Trinajstić information content (AvgIpc) is 2.71. The van der Waals surface area contributed by atoms with E-state index in [1.165, 1.54) is 10.5 Å². The summed E-state index contributed by atoms with van der Waals surface area (Å²) in [7, 11) is 0. The van der Waals surface area contributed by atoms with Gasteiger partial charge in [0, 0.05) is 32.2 Å². The number of nitro groups is 1. The van der Waals surface area contributed by atoms with E-state index in [1.807, 2.05) is 24.3 Å². The van der Waals surface area contributed by atoms with Crippen LogP contribution in [0.1, 0.15) is 27.5 Å². The summed E-state index contributed by atoms with van der Waals surface area (Å²) in [5.74, 6) is -6.52. The van der Waals surface area contributed by atoms with Crippen LogP contribution in [0.15, 0.2) is 30.3 Å². The molecule has 0 N–H and O–H groups in total. The van der Waals surface area contributed by atoms with Crippen molar-refractivity contribution in [1.82, 2.24) is 9.80 Å². The normalized spacial score (nSPS) is 19.1. The molecular weight excluding hydrogens is 375 g/mol. The minimum Gasteiger partial charge on any atom is -0.335 e. The molecule has 0 bridgehead atoms. The molecule has 0 saturated carbocycles. The van der Waals surface area contributed by atoms with Crippen LogP contribution in [0.25, 0.3) is 0 Å². The molecule has 1 unspecified atom stereocenters. The van der Waals surface area contributed by atoms with Gasteiger partial charge in [-0.3, -0.25) is 19.8 Å². The van der Waals surface area contributed by atoms with E-state index < -0.39 is 39.5 Å². The zero-order valence-electron chi connectivity index (χ0n) is 14.7. The first-order valence-corrected chi connectivity index (χ1v) is 8.81. The summed E-state index contributed by atoms with van der Waals surface area (Å²) in [5, 5.41) is 10.9. The minimum absolute atomic E-state index is 0.0917. The van der Waals surface area contributed by atoms with Crippen LogP contribution in [0.4, 0.5) is 18.9 Å². The molecular formula is C19H16F3N3O3. The van der Waals surface area contributed by atoms with Crippen molar-refractivity contribution in [2.24, 2.45) is 0 Å². The van der Waals surface area contributed by atoms with Crippen LogP contribution in [0.3, 0.4) is 0 Å². The molecule has 2 aliphatic rings. The van der Waals surface area contributed by atoms with E-state index >= 15 is 0 Å². The summed E-state index contributed by atoms with van der Waals surface area (Å²) in [4.78, 5) is 26.1. The number of carbonyl (C=O) groups is 1. The summed E-state index contributed by atoms with van der Waals surface area (Å²) in [6.07, 6.45) is 0.893. The second kappa shape index (κ2) is 6.90. The monoisotopic (exact) mass is 391 g/mol. The first kappa shape index (κ1) is 18.4. The van der Waals surface area contributed by atoms with Crippen molar-refractivity contribution in [3.63, 3.8) is 0 Å². The fourth-order valence-electron chi connectivity index (χ4n) is 3.97. The van der Waals surface area contributed by atoms with E-state index in [4.69, 9.17) is 0 Å². The summed E-state index contributed by atoms with van der Waals surface area (Å²) in [5.41, 5.74) is 0.155. The third-order valence-electron chi connectivity index (χ3n) is 5.42. The lowest BCUT2D eigenvalue weighted by Gasteiger charge is -2.44. The highest BCUT2D eigenvalue weighted by atomic mass is 19.2. The average molecular weight is 391 g/mol. The highest BCUT2D eigenvalue weighted by Crippen LogP contribution is 2.33. The van der Waals surface area contributed by atoms with Crippen molar-refractivity contribution >= 4 is 11.6 Å². The number of carbonyl (C=O) groups excluding carboxylic acids is 1. The molecule has 146 valence electrons. The Morgan fingerprint density at radius 2 is 1.82 bits per heavy atom. The molecule has 1 amide bonds. The van der Waals surface area contributed by atoms with Crippen LogP contribution in [0.2, 0.25) is 0 Å². The van der Waals surface area contributed by atoms with Gasteiger partial charge in [0.2, 0.25) is 11.6 Å². The second-order valence-corrected chi connectivity index (χ2v) is 6.89. The zero-order chi connectivity index (χ0) is 20.0. The topological polar surface area (TPSA) is 66.7 Å². The molecule has 1 saturated heterocycles. The van der Waals surface area contributed by atoms with Crippen molar-refractivity contribution < 1.29 is 22.9 Å². The maximum absolute atomic E-state index is 14.2. The van der Waals surface area contributed by atoms with Gasteiger partial charge < -0.3 is 4.90 Å². The van der Waals surface area contributed by atoms with Gasteiger partial charge in [0.25, 0.3) is 5.91 Å². The van der Waals surface area contributed by atoms with Crippen LogP contribution >= 0.6 is 0 Å². The number of halogens is 3. The molecule has 2 aromatic carbocycles. The molecule has 0 aromatic heterocycles. The quantitative estimate of drug-likeness (QED) is 0.448. The molecule has 0 aliphatic carbocycles. The summed E-state index contributed by atoms with van der Waals surface area (Å²) in [6, 6.07) is 8.22. The first-order chi connectivity index (χ1) is 13.4. The predicted molar refractivity (Wildman–Crippen MR) is 93.3 cm³/mol. The largest absolute Gasteiger partial charge is 0.335 e. The molecule has 28 heavy (non-hydrogen) atoms. The molecule has 0 spiro atoms. The number of hydrogen-bond donors (Lipinski definition) is 0. The van der Waals surface area contributed by atoms with Gasteiger partial charge in [0.1, 0.15) is 0 Å². The molecule has 2 aromatic rings. The molecule has 9 heteroatoms. The second-order valence-electron chi connectivity index (χ2n) is 6.89. The smallest absolute Gasteiger partial charge is 0.308 e. The Kier molecular flexibility index (Phi) is 4.54. The SMILES string of the molecule is O=C(c1cc([N+](=O)[O-])c(F)c(F)c1F)N1CCN2CCc3ccccc3C2C1. The van der Waals surface area contributed by atoms with Gasteiger partial charge in [-0.1, -0.05) is 24.3 Å². The Bertz CT molecular complexity index is 982. The van der Waals surface area contributed by atoms with E-state index in [-0.39, 0.29) is 19.1 Å². The molecule has 6 nitrogen and oxygen atoms in total. The third-order valence-corrected chi connectivity index (χ3v) is 5.42. The highest BCUT2D eigenvalue weighted by molar-refractivity contribution is 5.95. The Balaban J connectivity index is 1.66. The molecule has 2 heterocycles. The lowest BCUT2D eigenvalue weighted by Crippen LogP contribution is -2.52. The summed E-state index contributed by atoms with van der Waals surface area (Å²) < 4.78 is 41.6. The molecule has 0 radical (unpaired) electrons. The fourth-order valence-corrected chi connectivity index (χ4v) is 3.97. The van der Waals surface area contributed by atoms with E-state index in [2.05, 4.69) is 4.90 Å². The molecule has 2 aliphatic heterocycles. The standard InChI is InChI=1S/C19H16F3N3O3/c20-16-13(9-14(25(27)28)17(21)18(16)22)19(26)24-8-7-23-6-5-11-3-1-2-4-12(11)15(23)10-24/h1-4,9,15H,5-8,10H2. The van der Waals surface area contributed by atoms with E-state index in [0.717, 1.165) is 18.5 Å².